The summed E-state index contributed by atoms with van der Waals surface area (Å²) in [6.45, 7) is 11.2. The largest absolute Gasteiger partial charge is 0.493 e. The monoisotopic (exact) mass is 602 g/mol. The summed E-state index contributed by atoms with van der Waals surface area (Å²) in [4.78, 5) is 36.8. The molecule has 1 unspecified atom stereocenters. The van der Waals surface area contributed by atoms with Crippen molar-refractivity contribution in [3.05, 3.63) is 102 Å². The molecule has 1 atom stereocenters. The molecular weight excluding hydrogens is 568 g/mol. The van der Waals surface area contributed by atoms with Gasteiger partial charge in [0.15, 0.2) is 0 Å². The van der Waals surface area contributed by atoms with Crippen LogP contribution in [0.5, 0.6) is 11.5 Å². The van der Waals surface area contributed by atoms with Gasteiger partial charge in [-0.2, -0.15) is 0 Å². The van der Waals surface area contributed by atoms with E-state index in [1.165, 1.54) is 11.8 Å². The Kier molecular flexibility index (Phi) is 10.8. The first kappa shape index (κ1) is 31.6. The third-order valence-electron chi connectivity index (χ3n) is 6.91. The molecule has 0 bridgehead atoms. The number of rotatable bonds is 14. The van der Waals surface area contributed by atoms with Crippen molar-refractivity contribution < 1.29 is 38.4 Å². The van der Waals surface area contributed by atoms with Crippen molar-refractivity contribution in [3.63, 3.8) is 0 Å². The zero-order valence-corrected chi connectivity index (χ0v) is 25.0. The number of hydrogen-bond acceptors (Lipinski definition) is 9. The van der Waals surface area contributed by atoms with Crippen LogP contribution in [0.15, 0.2) is 84.3 Å². The van der Waals surface area contributed by atoms with E-state index in [4.69, 9.17) is 24.1 Å². The van der Waals surface area contributed by atoms with Gasteiger partial charge in [0.05, 0.1) is 25.4 Å². The Morgan fingerprint density at radius 3 is 2.37 bits per heavy atom. The molecule has 224 valence electrons. The fourth-order valence-corrected chi connectivity index (χ4v) is 5.47. The summed E-state index contributed by atoms with van der Waals surface area (Å²) in [6, 6.07) is 17.3. The highest BCUT2D eigenvalue weighted by molar-refractivity contribution is 8.14. The first-order valence-corrected chi connectivity index (χ1v) is 14.6. The van der Waals surface area contributed by atoms with Gasteiger partial charge in [-0.25, -0.2) is 9.59 Å². The highest BCUT2D eigenvalue weighted by atomic mass is 32.2. The predicted molar refractivity (Wildman–Crippen MR) is 165 cm³/mol. The number of carbonyl (C=O) groups is 3. The SMILES string of the molecule is C=CC(=O)OCCCOc1ccc(SC(=O)c2ccc3c(c2)C(C)c2cc(OCCOC(=O)C(=C)CO)ccc2-3)cc1C. The van der Waals surface area contributed by atoms with Crippen molar-refractivity contribution in [2.24, 2.45) is 0 Å². The van der Waals surface area contributed by atoms with Gasteiger partial charge >= 0.3 is 11.9 Å². The number of benzene rings is 3. The van der Waals surface area contributed by atoms with Crippen LogP contribution < -0.4 is 9.47 Å². The van der Waals surface area contributed by atoms with Crippen LogP contribution in [0.4, 0.5) is 0 Å². The number of fused-ring (bicyclic) bond motifs is 3. The zero-order chi connectivity index (χ0) is 30.9. The third kappa shape index (κ3) is 7.94. The van der Waals surface area contributed by atoms with Gasteiger partial charge in [-0.05, 0) is 89.0 Å². The molecule has 0 aliphatic heterocycles. The summed E-state index contributed by atoms with van der Waals surface area (Å²) in [6.07, 6.45) is 1.69. The number of ether oxygens (including phenoxy) is 4. The van der Waals surface area contributed by atoms with Crippen molar-refractivity contribution in [2.75, 3.05) is 33.0 Å². The molecule has 0 amide bonds. The lowest BCUT2D eigenvalue weighted by Gasteiger charge is -2.11. The summed E-state index contributed by atoms with van der Waals surface area (Å²) in [5, 5.41) is 8.90. The van der Waals surface area contributed by atoms with E-state index in [0.29, 0.717) is 30.1 Å². The van der Waals surface area contributed by atoms with Gasteiger partial charge in [-0.3, -0.25) is 4.79 Å². The predicted octanol–water partition coefficient (Wildman–Crippen LogP) is 6.03. The van der Waals surface area contributed by atoms with E-state index in [9.17, 15) is 14.4 Å². The molecular formula is C34H34O8S. The molecule has 0 saturated heterocycles. The second kappa shape index (κ2) is 14.7. The van der Waals surface area contributed by atoms with E-state index in [2.05, 4.69) is 20.1 Å². The van der Waals surface area contributed by atoms with E-state index in [-0.39, 0.29) is 36.4 Å². The second-order valence-corrected chi connectivity index (χ2v) is 11.0. The van der Waals surface area contributed by atoms with Crippen LogP contribution in [0.1, 0.15) is 46.3 Å². The minimum Gasteiger partial charge on any atom is -0.493 e. The Morgan fingerprint density at radius 1 is 0.907 bits per heavy atom. The third-order valence-corrected chi connectivity index (χ3v) is 7.82. The normalized spacial score (nSPS) is 13.0. The Labute approximate surface area is 255 Å². The molecule has 1 N–H and O–H groups in total. The fraction of sp³-hybridized carbons (Fsp3) is 0.265. The van der Waals surface area contributed by atoms with Gasteiger partial charge in [0.1, 0.15) is 24.7 Å². The molecule has 3 aromatic rings. The molecule has 0 fully saturated rings. The number of thioether (sulfide) groups is 1. The van der Waals surface area contributed by atoms with Crippen LogP contribution >= 0.6 is 11.8 Å². The smallest absolute Gasteiger partial charge is 0.335 e. The lowest BCUT2D eigenvalue weighted by atomic mass is 9.98. The molecule has 0 spiro atoms. The molecule has 1 aliphatic rings. The Morgan fingerprint density at radius 2 is 1.65 bits per heavy atom. The number of esters is 2. The molecule has 1 aliphatic carbocycles. The van der Waals surface area contributed by atoms with Crippen molar-refractivity contribution in [1.29, 1.82) is 0 Å². The number of aryl methyl sites for hydroxylation is 1. The minimum absolute atomic E-state index is 0.00282. The number of aliphatic hydroxyl groups excluding tert-OH is 1. The zero-order valence-electron chi connectivity index (χ0n) is 24.2. The molecule has 0 radical (unpaired) electrons. The Hall–Kier alpha value is -4.34. The Balaban J connectivity index is 1.34. The highest BCUT2D eigenvalue weighted by Gasteiger charge is 2.27. The second-order valence-electron chi connectivity index (χ2n) is 9.91. The maximum Gasteiger partial charge on any atom is 0.335 e. The van der Waals surface area contributed by atoms with E-state index >= 15 is 0 Å². The number of carbonyl (C=O) groups excluding carboxylic acids is 3. The summed E-state index contributed by atoms with van der Waals surface area (Å²) in [7, 11) is 0. The summed E-state index contributed by atoms with van der Waals surface area (Å²) in [5.41, 5.74) is 5.89. The topological polar surface area (TPSA) is 108 Å². The number of aliphatic hydroxyl groups is 1. The maximum absolute atomic E-state index is 13.2. The first-order chi connectivity index (χ1) is 20.7. The van der Waals surface area contributed by atoms with Gasteiger partial charge < -0.3 is 24.1 Å². The van der Waals surface area contributed by atoms with Gasteiger partial charge in [0, 0.05) is 28.9 Å². The van der Waals surface area contributed by atoms with Crippen LogP contribution in [0.25, 0.3) is 11.1 Å². The van der Waals surface area contributed by atoms with E-state index < -0.39 is 18.5 Å². The van der Waals surface area contributed by atoms with Crippen molar-refractivity contribution >= 4 is 28.8 Å². The van der Waals surface area contributed by atoms with Gasteiger partial charge in [-0.1, -0.05) is 32.2 Å². The van der Waals surface area contributed by atoms with E-state index in [1.54, 1.807) is 0 Å². The summed E-state index contributed by atoms with van der Waals surface area (Å²) >= 11 is 1.17. The van der Waals surface area contributed by atoms with Crippen molar-refractivity contribution in [2.45, 2.75) is 31.1 Å². The maximum atomic E-state index is 13.2. The van der Waals surface area contributed by atoms with Crippen LogP contribution in [-0.2, 0) is 19.1 Å². The lowest BCUT2D eigenvalue weighted by Crippen LogP contribution is -2.15. The average Bonchev–Trinajstić information content (AvgIpc) is 3.29. The molecule has 8 nitrogen and oxygen atoms in total. The molecule has 9 heteroatoms. The van der Waals surface area contributed by atoms with Gasteiger partial charge in [0.25, 0.3) is 0 Å². The van der Waals surface area contributed by atoms with E-state index in [0.717, 1.165) is 38.8 Å². The average molecular weight is 603 g/mol. The van der Waals surface area contributed by atoms with Gasteiger partial charge in [0.2, 0.25) is 5.12 Å². The summed E-state index contributed by atoms with van der Waals surface area (Å²) in [5.74, 6) is 0.335. The van der Waals surface area contributed by atoms with Crippen molar-refractivity contribution in [3.8, 4) is 22.6 Å². The molecule has 4 rings (SSSR count). The fourth-order valence-electron chi connectivity index (χ4n) is 4.64. The van der Waals surface area contributed by atoms with Crippen molar-refractivity contribution in [1.82, 2.24) is 0 Å². The first-order valence-electron chi connectivity index (χ1n) is 13.8. The van der Waals surface area contributed by atoms with Crippen LogP contribution in [-0.4, -0.2) is 55.2 Å². The highest BCUT2D eigenvalue weighted by Crippen LogP contribution is 2.46. The summed E-state index contributed by atoms with van der Waals surface area (Å²) < 4.78 is 21.5. The Bertz CT molecular complexity index is 1540. The standard InChI is InChI=1S/C34H34O8S/c1-5-32(36)41-14-6-13-40-31-12-9-26(17-21(31)2)43-34(38)24-7-10-27-28-11-8-25(19-30(28)23(4)29(27)18-24)39-15-16-42-33(37)22(3)20-35/h5,7-12,17-19,23,35H,1,3,6,13-16,20H2,2,4H3. The molecule has 0 saturated carbocycles. The van der Waals surface area contributed by atoms with Crippen LogP contribution in [0.3, 0.4) is 0 Å². The lowest BCUT2D eigenvalue weighted by molar-refractivity contribution is -0.140. The number of hydrogen-bond donors (Lipinski definition) is 1. The van der Waals surface area contributed by atoms with Crippen LogP contribution in [0.2, 0.25) is 0 Å². The molecule has 0 heterocycles. The minimum atomic E-state index is -0.647. The molecule has 0 aromatic heterocycles. The van der Waals surface area contributed by atoms with Crippen LogP contribution in [0, 0.1) is 6.92 Å². The molecule has 43 heavy (non-hydrogen) atoms. The quantitative estimate of drug-likeness (QED) is 0.102. The van der Waals surface area contributed by atoms with E-state index in [1.807, 2.05) is 61.5 Å². The van der Waals surface area contributed by atoms with Gasteiger partial charge in [-0.15, -0.1) is 0 Å². The molecule has 3 aromatic carbocycles.